The summed E-state index contributed by atoms with van der Waals surface area (Å²) >= 11 is 0. The van der Waals surface area contributed by atoms with E-state index in [1.807, 2.05) is 13.8 Å². The number of nitrogens with two attached hydrogens (primary N) is 2. The van der Waals surface area contributed by atoms with Crippen LogP contribution in [-0.4, -0.2) is 89.7 Å². The third-order valence-corrected chi connectivity index (χ3v) is 5.19. The zero-order valence-corrected chi connectivity index (χ0v) is 21.7. The number of nitrogens with one attached hydrogen (secondary N) is 5. The molecule has 0 spiro atoms. The summed E-state index contributed by atoms with van der Waals surface area (Å²) < 4.78 is 0. The molecular formula is C22H41N7O8. The first-order valence-corrected chi connectivity index (χ1v) is 12.0. The third-order valence-electron chi connectivity index (χ3n) is 5.19. The lowest BCUT2D eigenvalue weighted by atomic mass is 9.99. The Balaban J connectivity index is 5.45. The monoisotopic (exact) mass is 531 g/mol. The minimum atomic E-state index is -1.33. The lowest BCUT2D eigenvalue weighted by molar-refractivity contribution is -0.142. The normalized spacial score (nSPS) is 14.2. The Labute approximate surface area is 215 Å². The summed E-state index contributed by atoms with van der Waals surface area (Å²) in [6, 6.07) is -5.60. The highest BCUT2D eigenvalue weighted by molar-refractivity contribution is 5.95. The van der Waals surface area contributed by atoms with Crippen LogP contribution < -0.4 is 38.1 Å². The van der Waals surface area contributed by atoms with Crippen molar-refractivity contribution in [3.05, 3.63) is 0 Å². The van der Waals surface area contributed by atoms with Crippen LogP contribution in [0.3, 0.4) is 0 Å². The number of aliphatic carboxylic acids is 1. The summed E-state index contributed by atoms with van der Waals surface area (Å²) in [5, 5.41) is 30.9. The Bertz CT molecular complexity index is 806. The van der Waals surface area contributed by atoms with Gasteiger partial charge in [0, 0.05) is 6.54 Å². The van der Waals surface area contributed by atoms with Gasteiger partial charge in [-0.1, -0.05) is 27.7 Å². The molecule has 0 aliphatic carbocycles. The van der Waals surface area contributed by atoms with Crippen molar-refractivity contribution in [2.75, 3.05) is 19.7 Å². The van der Waals surface area contributed by atoms with Gasteiger partial charge in [-0.2, -0.15) is 0 Å². The van der Waals surface area contributed by atoms with E-state index in [4.69, 9.17) is 11.5 Å². The zero-order chi connectivity index (χ0) is 28.7. The van der Waals surface area contributed by atoms with Gasteiger partial charge in [0.05, 0.1) is 13.2 Å². The molecule has 0 bridgehead atoms. The summed E-state index contributed by atoms with van der Waals surface area (Å²) in [5.41, 5.74) is 10.2. The molecule has 0 aliphatic heterocycles. The largest absolute Gasteiger partial charge is 0.480 e. The summed E-state index contributed by atoms with van der Waals surface area (Å²) in [6.07, 6.45) is 0.412. The molecule has 0 saturated carbocycles. The van der Waals surface area contributed by atoms with Gasteiger partial charge in [0.15, 0.2) is 0 Å². The van der Waals surface area contributed by atoms with Crippen molar-refractivity contribution in [2.45, 2.75) is 71.1 Å². The number of rotatable bonds is 17. The third kappa shape index (κ3) is 13.4. The van der Waals surface area contributed by atoms with E-state index in [2.05, 4.69) is 26.6 Å². The van der Waals surface area contributed by atoms with Gasteiger partial charge in [0.2, 0.25) is 23.6 Å². The second-order valence-corrected chi connectivity index (χ2v) is 9.26. The van der Waals surface area contributed by atoms with Crippen LogP contribution in [0.5, 0.6) is 0 Å². The van der Waals surface area contributed by atoms with Crippen LogP contribution in [-0.2, 0) is 24.0 Å². The molecule has 0 aromatic heterocycles. The molecule has 0 unspecified atom stereocenters. The number of aliphatic hydroxyl groups is 1. The lowest BCUT2D eigenvalue weighted by Gasteiger charge is -2.28. The van der Waals surface area contributed by atoms with Crippen LogP contribution in [0.2, 0.25) is 0 Å². The Hall–Kier alpha value is -3.46. The number of amides is 6. The molecule has 4 atom stereocenters. The number of carboxylic acid groups (broad SMARTS) is 1. The number of primary amides is 1. The van der Waals surface area contributed by atoms with Gasteiger partial charge in [0.1, 0.15) is 24.2 Å². The van der Waals surface area contributed by atoms with Crippen LogP contribution in [0.25, 0.3) is 0 Å². The molecule has 15 heteroatoms. The molecule has 15 nitrogen and oxygen atoms in total. The number of hydrogen-bond donors (Lipinski definition) is 9. The van der Waals surface area contributed by atoms with Crippen LogP contribution >= 0.6 is 0 Å². The number of urea groups is 1. The predicted molar refractivity (Wildman–Crippen MR) is 133 cm³/mol. The maximum absolute atomic E-state index is 13.1. The van der Waals surface area contributed by atoms with Gasteiger partial charge in [-0.25, -0.2) is 9.59 Å². The standard InChI is InChI=1S/C22H41N7O8/c1-11(2)8-14(28-19(33)15(10-30)26-16(31)9-23)18(32)29-17(12(3)4)20(34)27-13(21(35)36)6-5-7-25-22(24)37/h11-15,17,30H,5-10,23H2,1-4H3,(H,26,31)(H,27,34)(H,28,33)(H,29,32)(H,35,36)(H3,24,25,37)/t13-,14-,15-,17-/m0/s1. The SMILES string of the molecule is CC(C)C[C@H](NC(=O)[C@H](CO)NC(=O)CN)C(=O)N[C@H](C(=O)N[C@@H](CCCNC(N)=O)C(=O)O)C(C)C. The maximum Gasteiger partial charge on any atom is 0.326 e. The molecule has 0 rings (SSSR count). The van der Waals surface area contributed by atoms with Crippen LogP contribution in [0, 0.1) is 11.8 Å². The van der Waals surface area contributed by atoms with Gasteiger partial charge in [-0.05, 0) is 31.1 Å². The van der Waals surface area contributed by atoms with E-state index < -0.39 is 78.9 Å². The summed E-state index contributed by atoms with van der Waals surface area (Å²) in [5.74, 6) is -4.72. The van der Waals surface area contributed by atoms with Gasteiger partial charge in [0.25, 0.3) is 0 Å². The van der Waals surface area contributed by atoms with Gasteiger partial charge >= 0.3 is 12.0 Å². The van der Waals surface area contributed by atoms with Gasteiger partial charge in [-0.3, -0.25) is 19.2 Å². The maximum atomic E-state index is 13.1. The van der Waals surface area contributed by atoms with E-state index in [1.165, 1.54) is 0 Å². The molecule has 0 aliphatic rings. The smallest absolute Gasteiger partial charge is 0.326 e. The molecular weight excluding hydrogens is 490 g/mol. The highest BCUT2D eigenvalue weighted by Crippen LogP contribution is 2.09. The molecule has 0 saturated heterocycles. The lowest BCUT2D eigenvalue weighted by Crippen LogP contribution is -2.59. The van der Waals surface area contributed by atoms with Crippen molar-refractivity contribution in [3.8, 4) is 0 Å². The average Bonchev–Trinajstić information content (AvgIpc) is 2.80. The zero-order valence-electron chi connectivity index (χ0n) is 21.7. The van der Waals surface area contributed by atoms with E-state index in [9.17, 15) is 39.0 Å². The van der Waals surface area contributed by atoms with Crippen molar-refractivity contribution in [1.82, 2.24) is 26.6 Å². The minimum absolute atomic E-state index is 0.00319. The first-order chi connectivity index (χ1) is 17.2. The summed E-state index contributed by atoms with van der Waals surface area (Å²) in [6.45, 7) is 5.91. The second kappa shape index (κ2) is 17.1. The molecule has 11 N–H and O–H groups in total. The molecule has 37 heavy (non-hydrogen) atoms. The molecule has 6 amide bonds. The van der Waals surface area contributed by atoms with E-state index in [0.29, 0.717) is 0 Å². The topological polar surface area (TPSA) is 255 Å². The number of carboxylic acids is 1. The van der Waals surface area contributed by atoms with Crippen LogP contribution in [0.4, 0.5) is 4.79 Å². The molecule has 0 heterocycles. The number of hydrogen-bond acceptors (Lipinski definition) is 8. The molecule has 212 valence electrons. The van der Waals surface area contributed by atoms with Gasteiger partial charge < -0.3 is 48.3 Å². The van der Waals surface area contributed by atoms with Crippen molar-refractivity contribution in [1.29, 1.82) is 0 Å². The highest BCUT2D eigenvalue weighted by atomic mass is 16.4. The number of carbonyl (C=O) groups excluding carboxylic acids is 5. The molecule has 0 radical (unpaired) electrons. The minimum Gasteiger partial charge on any atom is -0.480 e. The number of aliphatic hydroxyl groups excluding tert-OH is 1. The fourth-order valence-corrected chi connectivity index (χ4v) is 3.25. The fourth-order valence-electron chi connectivity index (χ4n) is 3.25. The van der Waals surface area contributed by atoms with Gasteiger partial charge in [-0.15, -0.1) is 0 Å². The molecule has 0 aromatic rings. The first-order valence-electron chi connectivity index (χ1n) is 12.0. The van der Waals surface area contributed by atoms with Crippen molar-refractivity contribution in [2.24, 2.45) is 23.3 Å². The Morgan fingerprint density at radius 1 is 0.811 bits per heavy atom. The second-order valence-electron chi connectivity index (χ2n) is 9.26. The molecule has 0 fully saturated rings. The van der Waals surface area contributed by atoms with Crippen LogP contribution in [0.15, 0.2) is 0 Å². The Morgan fingerprint density at radius 2 is 1.38 bits per heavy atom. The van der Waals surface area contributed by atoms with Crippen molar-refractivity contribution >= 4 is 35.6 Å². The van der Waals surface area contributed by atoms with E-state index in [1.54, 1.807) is 13.8 Å². The van der Waals surface area contributed by atoms with E-state index in [-0.39, 0.29) is 31.7 Å². The predicted octanol–water partition coefficient (Wildman–Crippen LogP) is -2.89. The highest BCUT2D eigenvalue weighted by Gasteiger charge is 2.32. The number of carbonyl (C=O) groups is 6. The fraction of sp³-hybridized carbons (Fsp3) is 0.727. The van der Waals surface area contributed by atoms with Crippen LogP contribution in [0.1, 0.15) is 47.0 Å². The molecule has 0 aromatic carbocycles. The van der Waals surface area contributed by atoms with E-state index in [0.717, 1.165) is 0 Å². The Morgan fingerprint density at radius 3 is 1.84 bits per heavy atom. The summed E-state index contributed by atoms with van der Waals surface area (Å²) in [7, 11) is 0. The quantitative estimate of drug-likeness (QED) is 0.0872. The first kappa shape index (κ1) is 33.5. The van der Waals surface area contributed by atoms with E-state index >= 15 is 0 Å². The Kier molecular flexibility index (Phi) is 15.5. The average molecular weight is 532 g/mol. The van der Waals surface area contributed by atoms with Crippen molar-refractivity contribution in [3.63, 3.8) is 0 Å². The summed E-state index contributed by atoms with van der Waals surface area (Å²) in [4.78, 5) is 72.4. The van der Waals surface area contributed by atoms with Crippen molar-refractivity contribution < 1.29 is 39.0 Å².